The van der Waals surface area contributed by atoms with E-state index >= 15 is 0 Å². The molecule has 1 heterocycles. The number of aryl methyl sites for hydroxylation is 1. The molecule has 1 aliphatic rings. The first-order valence-electron chi connectivity index (χ1n) is 6.25. The Balaban J connectivity index is 0.00000162. The lowest BCUT2D eigenvalue weighted by Crippen LogP contribution is -2.32. The largest absolute Gasteiger partial charge is 0.496 e. The molecule has 1 N–H and O–H groups in total. The molecular formula is C14H23ClN2O. The summed E-state index contributed by atoms with van der Waals surface area (Å²) in [6.07, 6.45) is 1.26. The Hall–Kier alpha value is -0.770. The van der Waals surface area contributed by atoms with E-state index in [2.05, 4.69) is 42.4 Å². The summed E-state index contributed by atoms with van der Waals surface area (Å²) >= 11 is 0. The van der Waals surface area contributed by atoms with Crippen LogP contribution >= 0.6 is 12.4 Å². The van der Waals surface area contributed by atoms with Crippen molar-refractivity contribution >= 4 is 12.4 Å². The van der Waals surface area contributed by atoms with Crippen molar-refractivity contribution in [3.05, 3.63) is 29.3 Å². The lowest BCUT2D eigenvalue weighted by Gasteiger charge is -2.23. The van der Waals surface area contributed by atoms with Crippen molar-refractivity contribution < 1.29 is 4.74 Å². The molecule has 102 valence electrons. The molecule has 0 amide bonds. The first-order valence-corrected chi connectivity index (χ1v) is 6.25. The summed E-state index contributed by atoms with van der Waals surface area (Å²) in [4.78, 5) is 2.43. The van der Waals surface area contributed by atoms with Gasteiger partial charge in [0.2, 0.25) is 0 Å². The molecule has 0 saturated carbocycles. The second kappa shape index (κ2) is 6.98. The standard InChI is InChI=1S/C14H22N2O.ClH/c1-11-8-12(4-5-14(11)17-3)10-16(2)13-6-7-15-9-13;/h4-5,8,13,15H,6-7,9-10H2,1-3H3;1H. The zero-order valence-corrected chi connectivity index (χ0v) is 12.2. The SMILES string of the molecule is COc1ccc(CN(C)C2CCNC2)cc1C.Cl. The average molecular weight is 271 g/mol. The maximum Gasteiger partial charge on any atom is 0.121 e. The molecule has 0 radical (unpaired) electrons. The normalized spacial score (nSPS) is 18.8. The molecule has 1 fully saturated rings. The number of hydrogen-bond acceptors (Lipinski definition) is 3. The maximum absolute atomic E-state index is 5.28. The van der Waals surface area contributed by atoms with Crippen LogP contribution in [0.5, 0.6) is 5.75 Å². The van der Waals surface area contributed by atoms with E-state index < -0.39 is 0 Å². The zero-order chi connectivity index (χ0) is 12.3. The Morgan fingerprint density at radius 1 is 1.44 bits per heavy atom. The van der Waals surface area contributed by atoms with E-state index in [1.54, 1.807) is 7.11 Å². The highest BCUT2D eigenvalue weighted by Crippen LogP contribution is 2.20. The zero-order valence-electron chi connectivity index (χ0n) is 11.4. The Labute approximate surface area is 116 Å². The maximum atomic E-state index is 5.28. The minimum Gasteiger partial charge on any atom is -0.496 e. The predicted octanol–water partition coefficient (Wildman–Crippen LogP) is 2.22. The summed E-state index contributed by atoms with van der Waals surface area (Å²) in [5.41, 5.74) is 2.57. The molecule has 0 aliphatic carbocycles. The van der Waals surface area contributed by atoms with Crippen LogP contribution in [0.15, 0.2) is 18.2 Å². The van der Waals surface area contributed by atoms with Gasteiger partial charge in [-0.25, -0.2) is 0 Å². The third-order valence-corrected chi connectivity index (χ3v) is 3.55. The summed E-state index contributed by atoms with van der Waals surface area (Å²) in [7, 11) is 3.93. The van der Waals surface area contributed by atoms with Crippen LogP contribution in [0.1, 0.15) is 17.5 Å². The van der Waals surface area contributed by atoms with Crippen molar-refractivity contribution in [3.8, 4) is 5.75 Å². The minimum atomic E-state index is 0. The second-order valence-electron chi connectivity index (χ2n) is 4.87. The summed E-state index contributed by atoms with van der Waals surface area (Å²) in [5, 5.41) is 3.41. The fraction of sp³-hybridized carbons (Fsp3) is 0.571. The van der Waals surface area contributed by atoms with Gasteiger partial charge in [-0.1, -0.05) is 12.1 Å². The molecule has 0 aromatic heterocycles. The lowest BCUT2D eigenvalue weighted by molar-refractivity contribution is 0.249. The molecular weight excluding hydrogens is 248 g/mol. The van der Waals surface area contributed by atoms with Gasteiger partial charge >= 0.3 is 0 Å². The van der Waals surface area contributed by atoms with Crippen molar-refractivity contribution in [2.45, 2.75) is 25.9 Å². The van der Waals surface area contributed by atoms with Crippen LogP contribution in [0.2, 0.25) is 0 Å². The third-order valence-electron chi connectivity index (χ3n) is 3.55. The Morgan fingerprint density at radius 3 is 2.78 bits per heavy atom. The molecule has 1 aromatic carbocycles. The van der Waals surface area contributed by atoms with E-state index in [9.17, 15) is 0 Å². The molecule has 1 saturated heterocycles. The Morgan fingerprint density at radius 2 is 2.22 bits per heavy atom. The smallest absolute Gasteiger partial charge is 0.121 e. The monoisotopic (exact) mass is 270 g/mol. The number of rotatable bonds is 4. The lowest BCUT2D eigenvalue weighted by atomic mass is 10.1. The number of methoxy groups -OCH3 is 1. The Bertz CT molecular complexity index is 378. The van der Waals surface area contributed by atoms with Gasteiger partial charge in [0.1, 0.15) is 5.75 Å². The van der Waals surface area contributed by atoms with E-state index in [0.29, 0.717) is 6.04 Å². The van der Waals surface area contributed by atoms with E-state index in [-0.39, 0.29) is 12.4 Å². The van der Waals surface area contributed by atoms with Crippen LogP contribution in [0.25, 0.3) is 0 Å². The molecule has 0 bridgehead atoms. The molecule has 3 nitrogen and oxygen atoms in total. The van der Waals surface area contributed by atoms with E-state index in [1.165, 1.54) is 17.5 Å². The molecule has 0 spiro atoms. The fourth-order valence-electron chi connectivity index (χ4n) is 2.47. The van der Waals surface area contributed by atoms with Gasteiger partial charge in [0.15, 0.2) is 0 Å². The quantitative estimate of drug-likeness (QED) is 0.908. The van der Waals surface area contributed by atoms with Gasteiger partial charge in [0.25, 0.3) is 0 Å². The van der Waals surface area contributed by atoms with Crippen LogP contribution in [0.4, 0.5) is 0 Å². The van der Waals surface area contributed by atoms with Gasteiger partial charge < -0.3 is 10.1 Å². The van der Waals surface area contributed by atoms with Crippen LogP contribution in [-0.4, -0.2) is 38.2 Å². The van der Waals surface area contributed by atoms with Crippen molar-refractivity contribution in [2.75, 3.05) is 27.2 Å². The highest BCUT2D eigenvalue weighted by Gasteiger charge is 2.19. The number of benzene rings is 1. The van der Waals surface area contributed by atoms with Gasteiger partial charge in [-0.15, -0.1) is 12.4 Å². The molecule has 2 rings (SSSR count). The summed E-state index contributed by atoms with van der Waals surface area (Å²) in [6, 6.07) is 7.12. The number of nitrogens with zero attached hydrogens (tertiary/aromatic N) is 1. The Kier molecular flexibility index (Phi) is 5.93. The number of hydrogen-bond donors (Lipinski definition) is 1. The number of halogens is 1. The first kappa shape index (κ1) is 15.3. The average Bonchev–Trinajstić information content (AvgIpc) is 2.82. The molecule has 4 heteroatoms. The van der Waals surface area contributed by atoms with Crippen LogP contribution in [0, 0.1) is 6.92 Å². The van der Waals surface area contributed by atoms with Gasteiger partial charge in [-0.3, -0.25) is 4.90 Å². The summed E-state index contributed by atoms with van der Waals surface area (Å²) < 4.78 is 5.28. The van der Waals surface area contributed by atoms with Crippen LogP contribution in [-0.2, 0) is 6.54 Å². The van der Waals surface area contributed by atoms with E-state index in [1.807, 2.05) is 0 Å². The second-order valence-corrected chi connectivity index (χ2v) is 4.87. The van der Waals surface area contributed by atoms with Crippen LogP contribution in [0.3, 0.4) is 0 Å². The molecule has 1 aromatic rings. The molecule has 1 atom stereocenters. The van der Waals surface area contributed by atoms with Crippen molar-refractivity contribution in [3.63, 3.8) is 0 Å². The number of nitrogens with one attached hydrogen (secondary N) is 1. The van der Waals surface area contributed by atoms with E-state index in [4.69, 9.17) is 4.74 Å². The van der Waals surface area contributed by atoms with Crippen molar-refractivity contribution in [1.82, 2.24) is 10.2 Å². The van der Waals surface area contributed by atoms with Gasteiger partial charge in [0.05, 0.1) is 7.11 Å². The number of likely N-dealkylation sites (N-methyl/N-ethyl adjacent to an activating group) is 1. The summed E-state index contributed by atoms with van der Waals surface area (Å²) in [6.45, 7) is 5.37. The predicted molar refractivity (Wildman–Crippen MR) is 77.7 cm³/mol. The van der Waals surface area contributed by atoms with Crippen LogP contribution < -0.4 is 10.1 Å². The van der Waals surface area contributed by atoms with Crippen molar-refractivity contribution in [2.24, 2.45) is 0 Å². The highest BCUT2D eigenvalue weighted by atomic mass is 35.5. The van der Waals surface area contributed by atoms with Gasteiger partial charge in [-0.2, -0.15) is 0 Å². The highest BCUT2D eigenvalue weighted by molar-refractivity contribution is 5.85. The molecule has 1 unspecified atom stereocenters. The topological polar surface area (TPSA) is 24.5 Å². The molecule has 18 heavy (non-hydrogen) atoms. The third kappa shape index (κ3) is 3.61. The fourth-order valence-corrected chi connectivity index (χ4v) is 2.47. The minimum absolute atomic E-state index is 0. The van der Waals surface area contributed by atoms with Gasteiger partial charge in [0, 0.05) is 19.1 Å². The summed E-state index contributed by atoms with van der Waals surface area (Å²) in [5.74, 6) is 0.971. The number of ether oxygens (including phenoxy) is 1. The van der Waals surface area contributed by atoms with E-state index in [0.717, 1.165) is 25.4 Å². The first-order chi connectivity index (χ1) is 8.20. The van der Waals surface area contributed by atoms with Gasteiger partial charge in [-0.05, 0) is 44.1 Å². The molecule has 1 aliphatic heterocycles. The van der Waals surface area contributed by atoms with Crippen molar-refractivity contribution in [1.29, 1.82) is 0 Å².